The summed E-state index contributed by atoms with van der Waals surface area (Å²) >= 11 is 0. The van der Waals surface area contributed by atoms with Gasteiger partial charge in [-0.1, -0.05) is 25.3 Å². The van der Waals surface area contributed by atoms with Gasteiger partial charge in [-0.05, 0) is 79.1 Å². The molecule has 2 saturated carbocycles. The first-order valence-corrected chi connectivity index (χ1v) is 14.8. The van der Waals surface area contributed by atoms with Gasteiger partial charge in [-0.25, -0.2) is 4.72 Å². The zero-order chi connectivity index (χ0) is 27.9. The highest BCUT2D eigenvalue weighted by atomic mass is 32.2. The van der Waals surface area contributed by atoms with Crippen LogP contribution < -0.4 is 9.46 Å². The van der Waals surface area contributed by atoms with Crippen LogP contribution in [-0.2, 0) is 21.5 Å². The Morgan fingerprint density at radius 2 is 1.74 bits per heavy atom. The van der Waals surface area contributed by atoms with E-state index in [9.17, 15) is 23.1 Å². The summed E-state index contributed by atoms with van der Waals surface area (Å²) in [4.78, 5) is 25.3. The molecular weight excluding hydrogens is 518 g/mol. The van der Waals surface area contributed by atoms with Gasteiger partial charge < -0.3 is 14.4 Å². The van der Waals surface area contributed by atoms with E-state index < -0.39 is 27.5 Å². The highest BCUT2D eigenvalue weighted by Gasteiger charge is 2.51. The van der Waals surface area contributed by atoms with Crippen molar-refractivity contribution >= 4 is 33.0 Å². The van der Waals surface area contributed by atoms with Crippen LogP contribution >= 0.6 is 0 Å². The number of ether oxygens (including phenoxy) is 1. The van der Waals surface area contributed by atoms with Crippen LogP contribution in [0.25, 0.3) is 22.2 Å². The van der Waals surface area contributed by atoms with Crippen molar-refractivity contribution in [1.82, 2.24) is 13.6 Å². The van der Waals surface area contributed by atoms with E-state index in [0.717, 1.165) is 57.9 Å². The molecule has 1 aromatic heterocycles. The van der Waals surface area contributed by atoms with E-state index in [-0.39, 0.29) is 12.1 Å². The lowest BCUT2D eigenvalue weighted by atomic mass is 9.81. The number of benzene rings is 2. The molecule has 0 spiro atoms. The largest absolute Gasteiger partial charge is 0.497 e. The molecule has 0 saturated heterocycles. The first-order chi connectivity index (χ1) is 18.6. The van der Waals surface area contributed by atoms with Crippen molar-refractivity contribution < 1.29 is 27.9 Å². The van der Waals surface area contributed by atoms with Crippen LogP contribution in [0.1, 0.15) is 66.8 Å². The Balaban J connectivity index is 1.73. The van der Waals surface area contributed by atoms with Crippen molar-refractivity contribution in [3.63, 3.8) is 0 Å². The second-order valence-electron chi connectivity index (χ2n) is 10.9. The van der Waals surface area contributed by atoms with Gasteiger partial charge >= 0.3 is 16.2 Å². The predicted octanol–water partition coefficient (Wildman–Crippen LogP) is 4.77. The third-order valence-corrected chi connectivity index (χ3v) is 9.62. The van der Waals surface area contributed by atoms with Crippen LogP contribution in [0.2, 0.25) is 0 Å². The SMILES string of the molecule is COc1ccc(-c2c(C3CCCCC3)c3ccc(C(=O)NS(=O)(=O)N(C)C)cc3n2CC2(C(=O)O)CC2)cc1. The smallest absolute Gasteiger partial charge is 0.311 e. The summed E-state index contributed by atoms with van der Waals surface area (Å²) in [6.07, 6.45) is 6.70. The molecular formula is C29H35N3O6S. The minimum absolute atomic E-state index is 0.198. The van der Waals surface area contributed by atoms with E-state index in [0.29, 0.717) is 18.8 Å². The van der Waals surface area contributed by atoms with Crippen molar-refractivity contribution in [2.45, 2.75) is 57.4 Å². The molecule has 2 N–H and O–H groups in total. The van der Waals surface area contributed by atoms with Crippen LogP contribution in [0.15, 0.2) is 42.5 Å². The van der Waals surface area contributed by atoms with Gasteiger partial charge in [-0.2, -0.15) is 12.7 Å². The van der Waals surface area contributed by atoms with Crippen LogP contribution in [0.5, 0.6) is 5.75 Å². The van der Waals surface area contributed by atoms with Crippen molar-refractivity contribution in [2.24, 2.45) is 5.41 Å². The Hall–Kier alpha value is -3.37. The van der Waals surface area contributed by atoms with E-state index in [1.165, 1.54) is 26.1 Å². The minimum Gasteiger partial charge on any atom is -0.497 e. The van der Waals surface area contributed by atoms with Crippen LogP contribution in [-0.4, -0.2) is 55.5 Å². The lowest BCUT2D eigenvalue weighted by molar-refractivity contribution is -0.143. The minimum atomic E-state index is -3.97. The number of carboxylic acids is 1. The highest BCUT2D eigenvalue weighted by Crippen LogP contribution is 2.51. The molecule has 9 nitrogen and oxygen atoms in total. The molecule has 3 aromatic rings. The highest BCUT2D eigenvalue weighted by molar-refractivity contribution is 7.87. The van der Waals surface area contributed by atoms with Gasteiger partial charge in [0.1, 0.15) is 5.75 Å². The van der Waals surface area contributed by atoms with Crippen molar-refractivity contribution in [3.8, 4) is 17.0 Å². The first kappa shape index (κ1) is 27.2. The number of aromatic nitrogens is 1. The van der Waals surface area contributed by atoms with E-state index in [4.69, 9.17) is 4.74 Å². The molecule has 2 aliphatic rings. The molecule has 10 heteroatoms. The Morgan fingerprint density at radius 3 is 2.31 bits per heavy atom. The molecule has 2 fully saturated rings. The maximum absolute atomic E-state index is 13.0. The monoisotopic (exact) mass is 553 g/mol. The Kier molecular flexibility index (Phi) is 7.19. The lowest BCUT2D eigenvalue weighted by Crippen LogP contribution is -2.39. The number of nitrogens with zero attached hydrogens (tertiary/aromatic N) is 2. The van der Waals surface area contributed by atoms with Crippen molar-refractivity contribution in [2.75, 3.05) is 21.2 Å². The number of carboxylic acid groups (broad SMARTS) is 1. The third-order valence-electron chi connectivity index (χ3n) is 8.21. The number of fused-ring (bicyclic) bond motifs is 1. The van der Waals surface area contributed by atoms with Gasteiger partial charge in [0, 0.05) is 37.1 Å². The Bertz CT molecular complexity index is 1510. The third kappa shape index (κ3) is 5.15. The van der Waals surface area contributed by atoms with Crippen LogP contribution in [0.4, 0.5) is 0 Å². The number of methoxy groups -OCH3 is 1. The number of rotatable bonds is 9. The molecule has 1 amide bonds. The summed E-state index contributed by atoms with van der Waals surface area (Å²) in [5.74, 6) is -0.530. The van der Waals surface area contributed by atoms with Crippen molar-refractivity contribution in [1.29, 1.82) is 0 Å². The standard InChI is InChI=1S/C29H35N3O6S/c1-31(2)39(36,37)30-27(33)21-11-14-23-24(17-21)32(18-29(15-16-29)28(34)35)26(20-9-12-22(38-3)13-10-20)25(23)19-7-5-4-6-8-19/h9-14,17,19H,4-8,15-16,18H2,1-3H3,(H,30,33)(H,34,35). The van der Waals surface area contributed by atoms with Crippen LogP contribution in [0.3, 0.4) is 0 Å². The fourth-order valence-corrected chi connectivity index (χ4v) is 6.24. The normalized spacial score (nSPS) is 17.3. The molecule has 0 bridgehead atoms. The molecule has 0 radical (unpaired) electrons. The summed E-state index contributed by atoms with van der Waals surface area (Å²) < 4.78 is 35.1. The second kappa shape index (κ2) is 10.3. The molecule has 0 aliphatic heterocycles. The maximum Gasteiger partial charge on any atom is 0.311 e. The summed E-state index contributed by atoms with van der Waals surface area (Å²) in [6, 6.07) is 13.0. The molecule has 208 valence electrons. The van der Waals surface area contributed by atoms with E-state index in [1.54, 1.807) is 19.2 Å². The van der Waals surface area contributed by atoms with Crippen LogP contribution in [0, 0.1) is 5.41 Å². The molecule has 2 aromatic carbocycles. The topological polar surface area (TPSA) is 118 Å². The number of carbonyl (C=O) groups is 2. The van der Waals surface area contributed by atoms with Gasteiger partial charge in [0.25, 0.3) is 5.91 Å². The zero-order valence-corrected chi connectivity index (χ0v) is 23.4. The molecule has 39 heavy (non-hydrogen) atoms. The van der Waals surface area contributed by atoms with Gasteiger partial charge in [-0.15, -0.1) is 0 Å². The van der Waals surface area contributed by atoms with E-state index in [2.05, 4.69) is 9.29 Å². The predicted molar refractivity (Wildman–Crippen MR) is 149 cm³/mol. The number of amides is 1. The number of hydrogen-bond acceptors (Lipinski definition) is 5. The molecule has 1 heterocycles. The van der Waals surface area contributed by atoms with E-state index >= 15 is 0 Å². The van der Waals surface area contributed by atoms with E-state index in [1.807, 2.05) is 30.3 Å². The Morgan fingerprint density at radius 1 is 1.08 bits per heavy atom. The molecule has 5 rings (SSSR count). The fourth-order valence-electron chi connectivity index (χ4n) is 5.71. The van der Waals surface area contributed by atoms with Gasteiger partial charge in [0.15, 0.2) is 0 Å². The summed E-state index contributed by atoms with van der Waals surface area (Å²) in [7, 11) is 0.345. The number of nitrogens with one attached hydrogen (secondary N) is 1. The summed E-state index contributed by atoms with van der Waals surface area (Å²) in [5.41, 5.74) is 3.17. The number of carbonyl (C=O) groups excluding carboxylic acids is 1. The lowest BCUT2D eigenvalue weighted by Gasteiger charge is -2.24. The van der Waals surface area contributed by atoms with Gasteiger partial charge in [0.2, 0.25) is 0 Å². The first-order valence-electron chi connectivity index (χ1n) is 13.3. The molecule has 0 atom stereocenters. The summed E-state index contributed by atoms with van der Waals surface area (Å²) in [5, 5.41) is 11.1. The van der Waals surface area contributed by atoms with Gasteiger partial charge in [-0.3, -0.25) is 9.59 Å². The Labute approximate surface area is 228 Å². The fraction of sp³-hybridized carbons (Fsp3) is 0.448. The van der Waals surface area contributed by atoms with Crippen molar-refractivity contribution in [3.05, 3.63) is 53.6 Å². The maximum atomic E-state index is 13.0. The zero-order valence-electron chi connectivity index (χ0n) is 22.6. The number of aliphatic carboxylic acids is 1. The average molecular weight is 554 g/mol. The molecule has 0 unspecified atom stereocenters. The number of hydrogen-bond donors (Lipinski definition) is 2. The summed E-state index contributed by atoms with van der Waals surface area (Å²) in [6.45, 7) is 0.272. The quantitative estimate of drug-likeness (QED) is 0.394. The average Bonchev–Trinajstić information content (AvgIpc) is 3.65. The molecule has 2 aliphatic carbocycles. The van der Waals surface area contributed by atoms with Gasteiger partial charge in [0.05, 0.1) is 18.2 Å². The second-order valence-corrected chi connectivity index (χ2v) is 12.8.